The number of hydrogen-bond donors (Lipinski definition) is 2. The second-order valence-corrected chi connectivity index (χ2v) is 6.04. The van der Waals surface area contributed by atoms with Gasteiger partial charge < -0.3 is 15.4 Å². The van der Waals surface area contributed by atoms with Gasteiger partial charge in [0, 0.05) is 25.7 Å². The van der Waals surface area contributed by atoms with Gasteiger partial charge in [0.1, 0.15) is 0 Å². The largest absolute Gasteiger partial charge is 0.381 e. The molecule has 2 N–H and O–H groups in total. The van der Waals surface area contributed by atoms with Crippen molar-refractivity contribution in [2.24, 2.45) is 11.8 Å². The fourth-order valence-corrected chi connectivity index (χ4v) is 3.17. The number of carbonyl (C=O) groups excluding carboxylic acids is 1. The standard InChI is InChI=1S/C15H28N2O2.ClH/c1-12(14-6-10-19-11-7-14)17-15(18)3-2-13-4-8-16-9-5-13;/h12-14,16H,2-11H2,1H3,(H,17,18);1H. The highest BCUT2D eigenvalue weighted by Crippen LogP contribution is 2.20. The lowest BCUT2D eigenvalue weighted by molar-refractivity contribution is -0.122. The van der Waals surface area contributed by atoms with Gasteiger partial charge in [0.2, 0.25) is 5.91 Å². The smallest absolute Gasteiger partial charge is 0.220 e. The van der Waals surface area contributed by atoms with Crippen molar-refractivity contribution in [1.29, 1.82) is 0 Å². The molecule has 0 saturated carbocycles. The summed E-state index contributed by atoms with van der Waals surface area (Å²) in [4.78, 5) is 12.0. The zero-order valence-electron chi connectivity index (χ0n) is 12.5. The highest BCUT2D eigenvalue weighted by molar-refractivity contribution is 5.85. The average molecular weight is 305 g/mol. The third-order valence-electron chi connectivity index (χ3n) is 4.60. The summed E-state index contributed by atoms with van der Waals surface area (Å²) in [6.07, 6.45) is 6.35. The quantitative estimate of drug-likeness (QED) is 0.818. The minimum Gasteiger partial charge on any atom is -0.381 e. The van der Waals surface area contributed by atoms with Crippen molar-refractivity contribution in [3.8, 4) is 0 Å². The molecule has 0 bridgehead atoms. The first-order chi connectivity index (χ1) is 9.25. The summed E-state index contributed by atoms with van der Waals surface area (Å²) in [5.74, 6) is 1.57. The third-order valence-corrected chi connectivity index (χ3v) is 4.60. The molecule has 0 aromatic rings. The van der Waals surface area contributed by atoms with Gasteiger partial charge in [0.15, 0.2) is 0 Å². The Hall–Kier alpha value is -0.320. The van der Waals surface area contributed by atoms with Gasteiger partial charge in [-0.15, -0.1) is 12.4 Å². The van der Waals surface area contributed by atoms with Crippen molar-refractivity contribution in [1.82, 2.24) is 10.6 Å². The molecule has 1 amide bonds. The summed E-state index contributed by atoms with van der Waals surface area (Å²) in [6.45, 7) is 6.06. The lowest BCUT2D eigenvalue weighted by Crippen LogP contribution is -2.40. The van der Waals surface area contributed by atoms with Crippen molar-refractivity contribution in [2.75, 3.05) is 26.3 Å². The molecule has 118 valence electrons. The van der Waals surface area contributed by atoms with Gasteiger partial charge in [0.25, 0.3) is 0 Å². The third kappa shape index (κ3) is 5.98. The number of carbonyl (C=O) groups is 1. The molecule has 2 saturated heterocycles. The summed E-state index contributed by atoms with van der Waals surface area (Å²) < 4.78 is 5.36. The minimum absolute atomic E-state index is 0. The number of nitrogens with one attached hydrogen (secondary N) is 2. The van der Waals surface area contributed by atoms with Crippen molar-refractivity contribution in [3.05, 3.63) is 0 Å². The molecule has 4 nitrogen and oxygen atoms in total. The number of amides is 1. The number of hydrogen-bond acceptors (Lipinski definition) is 3. The Labute approximate surface area is 128 Å². The van der Waals surface area contributed by atoms with E-state index in [4.69, 9.17) is 4.74 Å². The van der Waals surface area contributed by atoms with Crippen LogP contribution in [-0.2, 0) is 9.53 Å². The van der Waals surface area contributed by atoms with Gasteiger partial charge >= 0.3 is 0 Å². The van der Waals surface area contributed by atoms with Gasteiger partial charge in [-0.3, -0.25) is 4.79 Å². The molecule has 2 fully saturated rings. The zero-order valence-corrected chi connectivity index (χ0v) is 13.3. The lowest BCUT2D eigenvalue weighted by Gasteiger charge is -2.28. The molecule has 2 aliphatic rings. The average Bonchev–Trinajstić information content (AvgIpc) is 2.47. The normalized spacial score (nSPS) is 22.9. The van der Waals surface area contributed by atoms with Gasteiger partial charge in [-0.1, -0.05) is 0 Å². The van der Waals surface area contributed by atoms with E-state index in [9.17, 15) is 4.79 Å². The molecule has 0 aliphatic carbocycles. The molecule has 0 radical (unpaired) electrons. The summed E-state index contributed by atoms with van der Waals surface area (Å²) >= 11 is 0. The second kappa shape index (κ2) is 9.59. The molecular formula is C15H29ClN2O2. The Balaban J connectivity index is 0.00000200. The van der Waals surface area contributed by atoms with Crippen LogP contribution in [0, 0.1) is 11.8 Å². The Kier molecular flexibility index (Phi) is 8.50. The van der Waals surface area contributed by atoms with E-state index in [1.165, 1.54) is 12.8 Å². The predicted octanol–water partition coefficient (Wildman–Crippen LogP) is 2.12. The van der Waals surface area contributed by atoms with Crippen LogP contribution in [0.3, 0.4) is 0 Å². The van der Waals surface area contributed by atoms with E-state index in [-0.39, 0.29) is 18.3 Å². The summed E-state index contributed by atoms with van der Waals surface area (Å²) in [5.41, 5.74) is 0. The summed E-state index contributed by atoms with van der Waals surface area (Å²) in [5, 5.41) is 6.54. The SMILES string of the molecule is CC(NC(=O)CCC1CCNCC1)C1CCOCC1.Cl. The maximum Gasteiger partial charge on any atom is 0.220 e. The Bertz CT molecular complexity index is 277. The Morgan fingerprint density at radius 2 is 1.90 bits per heavy atom. The van der Waals surface area contributed by atoms with Gasteiger partial charge in [-0.2, -0.15) is 0 Å². The second-order valence-electron chi connectivity index (χ2n) is 6.04. The van der Waals surface area contributed by atoms with Crippen LogP contribution in [0.25, 0.3) is 0 Å². The van der Waals surface area contributed by atoms with Crippen molar-refractivity contribution < 1.29 is 9.53 Å². The van der Waals surface area contributed by atoms with Crippen molar-refractivity contribution in [2.45, 2.75) is 51.5 Å². The number of ether oxygens (including phenoxy) is 1. The molecule has 0 aromatic heterocycles. The Morgan fingerprint density at radius 1 is 1.25 bits per heavy atom. The summed E-state index contributed by atoms with van der Waals surface area (Å²) in [6, 6.07) is 0.296. The van der Waals surface area contributed by atoms with Crippen LogP contribution in [-0.4, -0.2) is 38.3 Å². The number of halogens is 1. The molecule has 2 rings (SSSR count). The minimum atomic E-state index is 0. The fourth-order valence-electron chi connectivity index (χ4n) is 3.17. The van der Waals surface area contributed by atoms with Crippen molar-refractivity contribution in [3.63, 3.8) is 0 Å². The molecule has 0 spiro atoms. The Morgan fingerprint density at radius 3 is 2.55 bits per heavy atom. The highest BCUT2D eigenvalue weighted by Gasteiger charge is 2.22. The van der Waals surface area contributed by atoms with E-state index in [2.05, 4.69) is 17.6 Å². The molecular weight excluding hydrogens is 276 g/mol. The van der Waals surface area contributed by atoms with E-state index in [0.29, 0.717) is 18.4 Å². The fraction of sp³-hybridized carbons (Fsp3) is 0.933. The molecule has 1 unspecified atom stereocenters. The first-order valence-corrected chi connectivity index (χ1v) is 7.83. The lowest BCUT2D eigenvalue weighted by atomic mass is 9.91. The maximum atomic E-state index is 12.0. The van der Waals surface area contributed by atoms with Gasteiger partial charge in [-0.25, -0.2) is 0 Å². The molecule has 2 heterocycles. The van der Waals surface area contributed by atoms with Crippen molar-refractivity contribution >= 4 is 18.3 Å². The summed E-state index contributed by atoms with van der Waals surface area (Å²) in [7, 11) is 0. The van der Waals surface area contributed by atoms with E-state index < -0.39 is 0 Å². The zero-order chi connectivity index (χ0) is 13.5. The van der Waals surface area contributed by atoms with Crippen LogP contribution in [0.2, 0.25) is 0 Å². The van der Waals surface area contributed by atoms with Crippen LogP contribution < -0.4 is 10.6 Å². The van der Waals surface area contributed by atoms with Crippen LogP contribution in [0.5, 0.6) is 0 Å². The highest BCUT2D eigenvalue weighted by atomic mass is 35.5. The molecule has 2 aliphatic heterocycles. The van der Waals surface area contributed by atoms with Crippen LogP contribution in [0.1, 0.15) is 45.4 Å². The first kappa shape index (κ1) is 17.7. The van der Waals surface area contributed by atoms with Crippen LogP contribution in [0.15, 0.2) is 0 Å². The van der Waals surface area contributed by atoms with Crippen LogP contribution >= 0.6 is 12.4 Å². The van der Waals surface area contributed by atoms with E-state index in [1.807, 2.05) is 0 Å². The van der Waals surface area contributed by atoms with E-state index in [0.717, 1.165) is 51.5 Å². The molecule has 1 atom stereocenters. The topological polar surface area (TPSA) is 50.4 Å². The van der Waals surface area contributed by atoms with Crippen LogP contribution in [0.4, 0.5) is 0 Å². The van der Waals surface area contributed by atoms with Gasteiger partial charge in [0.05, 0.1) is 0 Å². The van der Waals surface area contributed by atoms with Gasteiger partial charge in [-0.05, 0) is 64.0 Å². The maximum absolute atomic E-state index is 12.0. The number of rotatable bonds is 5. The molecule has 5 heteroatoms. The van der Waals surface area contributed by atoms with E-state index >= 15 is 0 Å². The van der Waals surface area contributed by atoms with E-state index in [1.54, 1.807) is 0 Å². The predicted molar refractivity (Wildman–Crippen MR) is 83.2 cm³/mol. The number of piperidine rings is 1. The monoisotopic (exact) mass is 304 g/mol. The molecule has 0 aromatic carbocycles. The molecule has 20 heavy (non-hydrogen) atoms. The first-order valence-electron chi connectivity index (χ1n) is 7.83.